The van der Waals surface area contributed by atoms with Crippen molar-refractivity contribution in [3.05, 3.63) is 66.9 Å². The first-order chi connectivity index (χ1) is 17.5. The Bertz CT molecular complexity index is 1200. The van der Waals surface area contributed by atoms with Gasteiger partial charge in [0.05, 0.1) is 35.1 Å². The predicted octanol–water partition coefficient (Wildman–Crippen LogP) is 3.87. The first kappa shape index (κ1) is 26.8. The Morgan fingerprint density at radius 3 is 2.50 bits per heavy atom. The van der Waals surface area contributed by atoms with E-state index in [1.807, 2.05) is 30.3 Å². The largest absolute Gasteiger partial charge is 0.491 e. The molecule has 36 heavy (non-hydrogen) atoms. The minimum atomic E-state index is -1.33. The van der Waals surface area contributed by atoms with Crippen LogP contribution in [0.5, 0.6) is 5.75 Å². The minimum Gasteiger partial charge on any atom is -0.491 e. The summed E-state index contributed by atoms with van der Waals surface area (Å²) in [5.41, 5.74) is 2.01. The van der Waals surface area contributed by atoms with Crippen molar-refractivity contribution in [1.29, 1.82) is 0 Å². The molecular weight excluding hydrogens is 482 g/mol. The number of carbonyl (C=O) groups excluding carboxylic acids is 1. The standard InChI is InChI=1S/C25H29N5O5S/c1-33-13-5-8-23(31)27-19-6-4-7-20(16-19)28-24-22(36(3)32)17-26-25(30-24)29-18-9-11-21(12-10-18)35-15-14-34-2/h4-12,16-17H,13-15H2,1-3H3,(H,27,31)(H2,26,28,29,30)/b8-5+. The lowest BCUT2D eigenvalue weighted by Gasteiger charge is -2.13. The molecular formula is C25H29N5O5S. The lowest BCUT2D eigenvalue weighted by Crippen LogP contribution is -2.09. The van der Waals surface area contributed by atoms with Crippen LogP contribution in [0.25, 0.3) is 0 Å². The Hall–Kier alpha value is -3.80. The van der Waals surface area contributed by atoms with Gasteiger partial charge < -0.3 is 30.2 Å². The zero-order chi connectivity index (χ0) is 25.8. The van der Waals surface area contributed by atoms with Crippen LogP contribution in [0.3, 0.4) is 0 Å². The van der Waals surface area contributed by atoms with Crippen LogP contribution in [0.1, 0.15) is 0 Å². The van der Waals surface area contributed by atoms with Gasteiger partial charge in [-0.05, 0) is 42.5 Å². The first-order valence-corrected chi connectivity index (χ1v) is 12.6. The van der Waals surface area contributed by atoms with Crippen LogP contribution in [-0.2, 0) is 25.1 Å². The lowest BCUT2D eigenvalue weighted by atomic mass is 10.2. The topological polar surface area (TPSA) is 124 Å². The minimum absolute atomic E-state index is 0.275. The Labute approximate surface area is 212 Å². The van der Waals surface area contributed by atoms with Gasteiger partial charge in [-0.25, -0.2) is 4.98 Å². The maximum Gasteiger partial charge on any atom is 0.248 e. The number of hydrogen-bond acceptors (Lipinski definition) is 9. The summed E-state index contributed by atoms with van der Waals surface area (Å²) < 4.78 is 27.7. The van der Waals surface area contributed by atoms with Crippen molar-refractivity contribution >= 4 is 45.5 Å². The number of rotatable bonds is 13. The van der Waals surface area contributed by atoms with Crippen LogP contribution >= 0.6 is 0 Å². The summed E-state index contributed by atoms with van der Waals surface area (Å²) >= 11 is 0. The van der Waals surface area contributed by atoms with Gasteiger partial charge in [0.15, 0.2) is 5.82 Å². The highest BCUT2D eigenvalue weighted by Gasteiger charge is 2.12. The zero-order valence-electron chi connectivity index (χ0n) is 20.3. The molecule has 1 amide bonds. The molecule has 190 valence electrons. The van der Waals surface area contributed by atoms with Gasteiger partial charge in [0.2, 0.25) is 11.9 Å². The third-order valence-electron chi connectivity index (χ3n) is 4.66. The number of amides is 1. The van der Waals surface area contributed by atoms with Crippen LogP contribution < -0.4 is 20.7 Å². The van der Waals surface area contributed by atoms with Gasteiger partial charge in [-0.2, -0.15) is 4.98 Å². The van der Waals surface area contributed by atoms with E-state index in [9.17, 15) is 9.00 Å². The van der Waals surface area contributed by atoms with Gasteiger partial charge in [-0.15, -0.1) is 0 Å². The van der Waals surface area contributed by atoms with Crippen LogP contribution in [0, 0.1) is 0 Å². The zero-order valence-corrected chi connectivity index (χ0v) is 21.1. The molecule has 0 saturated carbocycles. The quantitative estimate of drug-likeness (QED) is 0.232. The number of nitrogens with one attached hydrogen (secondary N) is 3. The Morgan fingerprint density at radius 1 is 1.00 bits per heavy atom. The van der Waals surface area contributed by atoms with Gasteiger partial charge in [-0.1, -0.05) is 12.1 Å². The summed E-state index contributed by atoms with van der Waals surface area (Å²) in [5, 5.41) is 9.10. The normalized spacial score (nSPS) is 11.8. The molecule has 0 fully saturated rings. The summed E-state index contributed by atoms with van der Waals surface area (Å²) in [4.78, 5) is 21.3. The molecule has 0 radical (unpaired) electrons. The molecule has 3 rings (SSSR count). The van der Waals surface area contributed by atoms with Crippen molar-refractivity contribution in [2.75, 3.05) is 56.2 Å². The second kappa shape index (κ2) is 13.9. The molecule has 0 bridgehead atoms. The van der Waals surface area contributed by atoms with E-state index in [1.165, 1.54) is 12.3 Å². The molecule has 11 heteroatoms. The van der Waals surface area contributed by atoms with E-state index in [4.69, 9.17) is 14.2 Å². The van der Waals surface area contributed by atoms with E-state index >= 15 is 0 Å². The number of nitrogens with zero attached hydrogens (tertiary/aromatic N) is 2. The summed E-state index contributed by atoms with van der Waals surface area (Å²) in [6.45, 7) is 1.32. The van der Waals surface area contributed by atoms with Gasteiger partial charge in [0.25, 0.3) is 0 Å². The smallest absolute Gasteiger partial charge is 0.248 e. The Kier molecular flexibility index (Phi) is 10.4. The van der Waals surface area contributed by atoms with E-state index in [-0.39, 0.29) is 5.91 Å². The number of methoxy groups -OCH3 is 2. The maximum atomic E-state index is 12.3. The van der Waals surface area contributed by atoms with E-state index in [0.29, 0.717) is 47.9 Å². The third-order valence-corrected chi connectivity index (χ3v) is 5.57. The first-order valence-electron chi connectivity index (χ1n) is 11.0. The fraction of sp³-hybridized carbons (Fsp3) is 0.240. The number of benzene rings is 2. The van der Waals surface area contributed by atoms with Crippen LogP contribution in [0.4, 0.5) is 28.8 Å². The van der Waals surface area contributed by atoms with Gasteiger partial charge in [0, 0.05) is 43.6 Å². The maximum absolute atomic E-state index is 12.3. The average Bonchev–Trinajstić information content (AvgIpc) is 2.86. The molecule has 1 heterocycles. The SMILES string of the molecule is COC/C=C/C(=O)Nc1cccc(Nc2nc(Nc3ccc(OCCOC)cc3)ncc2S(C)=O)c1. The lowest BCUT2D eigenvalue weighted by molar-refractivity contribution is -0.111. The summed E-state index contributed by atoms with van der Waals surface area (Å²) in [7, 11) is 1.85. The molecule has 2 aromatic carbocycles. The van der Waals surface area contributed by atoms with E-state index in [0.717, 1.165) is 11.4 Å². The molecule has 3 N–H and O–H groups in total. The molecule has 0 aliphatic carbocycles. The number of ether oxygens (including phenoxy) is 3. The van der Waals surface area contributed by atoms with E-state index in [1.54, 1.807) is 44.8 Å². The summed E-state index contributed by atoms with van der Waals surface area (Å²) in [6.07, 6.45) is 6.10. The molecule has 10 nitrogen and oxygen atoms in total. The number of anilines is 5. The van der Waals surface area contributed by atoms with Gasteiger partial charge in [0.1, 0.15) is 12.4 Å². The van der Waals surface area contributed by atoms with E-state index < -0.39 is 10.8 Å². The second-order valence-corrected chi connectivity index (χ2v) is 8.75. The highest BCUT2D eigenvalue weighted by atomic mass is 32.2. The molecule has 1 aromatic heterocycles. The van der Waals surface area contributed by atoms with Crippen molar-refractivity contribution in [3.63, 3.8) is 0 Å². The fourth-order valence-corrected chi connectivity index (χ4v) is 3.55. The molecule has 3 aromatic rings. The summed E-state index contributed by atoms with van der Waals surface area (Å²) in [6, 6.07) is 14.5. The number of aromatic nitrogens is 2. The molecule has 0 spiro atoms. The number of carbonyl (C=O) groups is 1. The van der Waals surface area contributed by atoms with Crippen molar-refractivity contribution < 1.29 is 23.2 Å². The molecule has 0 aliphatic heterocycles. The fourth-order valence-electron chi connectivity index (χ4n) is 2.98. The van der Waals surface area contributed by atoms with Crippen molar-refractivity contribution in [2.24, 2.45) is 0 Å². The molecule has 0 saturated heterocycles. The van der Waals surface area contributed by atoms with Gasteiger partial charge >= 0.3 is 0 Å². The van der Waals surface area contributed by atoms with Crippen LogP contribution in [-0.4, -0.2) is 60.4 Å². The van der Waals surface area contributed by atoms with Crippen molar-refractivity contribution in [1.82, 2.24) is 9.97 Å². The molecule has 0 aliphatic rings. The molecule has 1 unspecified atom stereocenters. The Morgan fingerprint density at radius 2 is 1.78 bits per heavy atom. The molecule has 1 atom stereocenters. The van der Waals surface area contributed by atoms with Crippen LogP contribution in [0.15, 0.2) is 71.8 Å². The predicted molar refractivity (Wildman–Crippen MR) is 141 cm³/mol. The average molecular weight is 512 g/mol. The van der Waals surface area contributed by atoms with E-state index in [2.05, 4.69) is 25.9 Å². The Balaban J connectivity index is 1.73. The summed E-state index contributed by atoms with van der Waals surface area (Å²) in [5.74, 6) is 1.16. The third kappa shape index (κ3) is 8.45. The van der Waals surface area contributed by atoms with Crippen LogP contribution in [0.2, 0.25) is 0 Å². The number of hydrogen-bond donors (Lipinski definition) is 3. The van der Waals surface area contributed by atoms with Crippen molar-refractivity contribution in [3.8, 4) is 5.75 Å². The second-order valence-electron chi connectivity index (χ2n) is 7.40. The van der Waals surface area contributed by atoms with Crippen molar-refractivity contribution in [2.45, 2.75) is 4.90 Å². The van der Waals surface area contributed by atoms with Gasteiger partial charge in [-0.3, -0.25) is 9.00 Å². The highest BCUT2D eigenvalue weighted by molar-refractivity contribution is 7.84. The monoisotopic (exact) mass is 511 g/mol. The highest BCUT2D eigenvalue weighted by Crippen LogP contribution is 2.25.